The van der Waals surface area contributed by atoms with Crippen LogP contribution < -0.4 is 10.1 Å². The van der Waals surface area contributed by atoms with Crippen molar-refractivity contribution in [3.05, 3.63) is 106 Å². The van der Waals surface area contributed by atoms with E-state index in [1.165, 1.54) is 12.1 Å². The molecular weight excluding hydrogens is 408 g/mol. The highest BCUT2D eigenvalue weighted by atomic mass is 35.5. The molecule has 5 heteroatoms. The van der Waals surface area contributed by atoms with Crippen molar-refractivity contribution in [3.8, 4) is 5.75 Å². The van der Waals surface area contributed by atoms with Crippen LogP contribution in [0.3, 0.4) is 0 Å². The molecule has 4 aromatic rings. The first-order valence-corrected chi connectivity index (χ1v) is 9.92. The van der Waals surface area contributed by atoms with Crippen molar-refractivity contribution in [2.75, 3.05) is 5.32 Å². The Balaban J connectivity index is 1.63. The molecule has 0 saturated carbocycles. The van der Waals surface area contributed by atoms with E-state index in [4.69, 9.17) is 27.9 Å². The van der Waals surface area contributed by atoms with Gasteiger partial charge >= 0.3 is 0 Å². The van der Waals surface area contributed by atoms with Crippen LogP contribution in [0.4, 0.5) is 10.1 Å². The highest BCUT2D eigenvalue weighted by molar-refractivity contribution is 6.36. The SMILES string of the molecule is Fc1cccc(COc2ccc3ccccc3c2CNc2ccc(Cl)cc2Cl)c1. The number of hydrogen-bond donors (Lipinski definition) is 1. The van der Waals surface area contributed by atoms with Gasteiger partial charge in [-0.1, -0.05) is 65.7 Å². The molecule has 2 nitrogen and oxygen atoms in total. The molecule has 0 aromatic heterocycles. The first-order valence-electron chi connectivity index (χ1n) is 9.17. The van der Waals surface area contributed by atoms with E-state index in [1.54, 1.807) is 18.2 Å². The second-order valence-electron chi connectivity index (χ2n) is 6.66. The zero-order chi connectivity index (χ0) is 20.2. The Morgan fingerprint density at radius 3 is 2.55 bits per heavy atom. The average Bonchev–Trinajstić information content (AvgIpc) is 2.72. The lowest BCUT2D eigenvalue weighted by Gasteiger charge is -2.16. The maximum atomic E-state index is 13.5. The molecule has 0 saturated heterocycles. The highest BCUT2D eigenvalue weighted by Crippen LogP contribution is 2.31. The third kappa shape index (κ3) is 4.64. The molecular formula is C24H18Cl2FNO. The number of ether oxygens (including phenoxy) is 1. The van der Waals surface area contributed by atoms with Crippen molar-refractivity contribution in [3.63, 3.8) is 0 Å². The Hall–Kier alpha value is -2.75. The molecule has 146 valence electrons. The molecule has 0 unspecified atom stereocenters. The number of anilines is 1. The maximum absolute atomic E-state index is 13.5. The minimum atomic E-state index is -0.274. The second-order valence-corrected chi connectivity index (χ2v) is 7.50. The van der Waals surface area contributed by atoms with Crippen molar-refractivity contribution < 1.29 is 9.13 Å². The fraction of sp³-hybridized carbons (Fsp3) is 0.0833. The molecule has 1 N–H and O–H groups in total. The summed E-state index contributed by atoms with van der Waals surface area (Å²) in [7, 11) is 0. The minimum Gasteiger partial charge on any atom is -0.489 e. The summed E-state index contributed by atoms with van der Waals surface area (Å²) >= 11 is 12.3. The Kier molecular flexibility index (Phi) is 5.89. The van der Waals surface area contributed by atoms with Gasteiger partial charge in [-0.15, -0.1) is 0 Å². The smallest absolute Gasteiger partial charge is 0.125 e. The van der Waals surface area contributed by atoms with Gasteiger partial charge in [0, 0.05) is 17.1 Å². The topological polar surface area (TPSA) is 21.3 Å². The molecule has 0 aliphatic rings. The third-order valence-electron chi connectivity index (χ3n) is 4.67. The van der Waals surface area contributed by atoms with E-state index in [2.05, 4.69) is 17.4 Å². The molecule has 0 spiro atoms. The van der Waals surface area contributed by atoms with E-state index in [-0.39, 0.29) is 12.4 Å². The molecule has 0 aliphatic carbocycles. The van der Waals surface area contributed by atoms with Gasteiger partial charge < -0.3 is 10.1 Å². The molecule has 0 fully saturated rings. The fourth-order valence-electron chi connectivity index (χ4n) is 3.24. The van der Waals surface area contributed by atoms with Gasteiger partial charge in [0.1, 0.15) is 18.2 Å². The average molecular weight is 426 g/mol. The molecule has 4 rings (SSSR count). The number of benzene rings is 4. The summed E-state index contributed by atoms with van der Waals surface area (Å²) in [6, 6.07) is 23.9. The lowest BCUT2D eigenvalue weighted by molar-refractivity contribution is 0.303. The van der Waals surface area contributed by atoms with Gasteiger partial charge in [0.15, 0.2) is 0 Å². The number of halogens is 3. The lowest BCUT2D eigenvalue weighted by atomic mass is 10.0. The minimum absolute atomic E-state index is 0.274. The van der Waals surface area contributed by atoms with Gasteiger partial charge in [0.05, 0.1) is 10.7 Å². The summed E-state index contributed by atoms with van der Waals surface area (Å²) in [5.41, 5.74) is 2.57. The van der Waals surface area contributed by atoms with Gasteiger partial charge in [-0.3, -0.25) is 0 Å². The van der Waals surface area contributed by atoms with Gasteiger partial charge in [0.25, 0.3) is 0 Å². The summed E-state index contributed by atoms with van der Waals surface area (Å²) in [4.78, 5) is 0. The molecule has 0 atom stereocenters. The van der Waals surface area contributed by atoms with E-state index in [0.29, 0.717) is 16.6 Å². The number of rotatable bonds is 6. The standard InChI is InChI=1S/C24H18Cl2FNO/c25-18-9-10-23(22(26)13-18)28-14-21-20-7-2-1-5-17(20)8-11-24(21)29-15-16-4-3-6-19(27)12-16/h1-13,28H,14-15H2. The monoisotopic (exact) mass is 425 g/mol. The first kappa shape index (κ1) is 19.6. The van der Waals surface area contributed by atoms with E-state index in [0.717, 1.165) is 33.3 Å². The molecule has 29 heavy (non-hydrogen) atoms. The van der Waals surface area contributed by atoms with Crippen molar-refractivity contribution in [1.82, 2.24) is 0 Å². The zero-order valence-electron chi connectivity index (χ0n) is 15.5. The van der Waals surface area contributed by atoms with Crippen LogP contribution in [0.5, 0.6) is 5.75 Å². The Bertz CT molecular complexity index is 1160. The predicted molar refractivity (Wildman–Crippen MR) is 118 cm³/mol. The highest BCUT2D eigenvalue weighted by Gasteiger charge is 2.11. The Morgan fingerprint density at radius 1 is 0.862 bits per heavy atom. The van der Waals surface area contributed by atoms with E-state index in [9.17, 15) is 4.39 Å². The summed E-state index contributed by atoms with van der Waals surface area (Å²) < 4.78 is 19.5. The summed E-state index contributed by atoms with van der Waals surface area (Å²) in [5, 5.41) is 6.71. The largest absolute Gasteiger partial charge is 0.489 e. The fourth-order valence-corrected chi connectivity index (χ4v) is 3.71. The van der Waals surface area contributed by atoms with Crippen LogP contribution in [0.15, 0.2) is 78.9 Å². The quantitative estimate of drug-likeness (QED) is 0.345. The molecule has 0 radical (unpaired) electrons. The number of nitrogens with one attached hydrogen (secondary N) is 1. The van der Waals surface area contributed by atoms with Crippen molar-refractivity contribution in [2.45, 2.75) is 13.2 Å². The molecule has 0 bridgehead atoms. The van der Waals surface area contributed by atoms with Crippen molar-refractivity contribution >= 4 is 39.7 Å². The zero-order valence-corrected chi connectivity index (χ0v) is 17.0. The molecule has 0 aliphatic heterocycles. The molecule has 0 heterocycles. The van der Waals surface area contributed by atoms with E-state index >= 15 is 0 Å². The maximum Gasteiger partial charge on any atom is 0.125 e. The van der Waals surface area contributed by atoms with Gasteiger partial charge in [-0.2, -0.15) is 0 Å². The van der Waals surface area contributed by atoms with Gasteiger partial charge in [-0.05, 0) is 52.7 Å². The van der Waals surface area contributed by atoms with Crippen LogP contribution in [0.2, 0.25) is 10.0 Å². The van der Waals surface area contributed by atoms with Gasteiger partial charge in [-0.25, -0.2) is 4.39 Å². The van der Waals surface area contributed by atoms with Crippen LogP contribution >= 0.6 is 23.2 Å². The van der Waals surface area contributed by atoms with Crippen LogP contribution in [0, 0.1) is 5.82 Å². The molecule has 0 amide bonds. The Morgan fingerprint density at radius 2 is 1.72 bits per heavy atom. The van der Waals surface area contributed by atoms with Gasteiger partial charge in [0.2, 0.25) is 0 Å². The van der Waals surface area contributed by atoms with E-state index in [1.807, 2.05) is 36.4 Å². The normalized spacial score (nSPS) is 10.9. The number of fused-ring (bicyclic) bond motifs is 1. The number of hydrogen-bond acceptors (Lipinski definition) is 2. The summed E-state index contributed by atoms with van der Waals surface area (Å²) in [6.07, 6.45) is 0. The van der Waals surface area contributed by atoms with Crippen LogP contribution in [0.25, 0.3) is 10.8 Å². The summed E-state index contributed by atoms with van der Waals surface area (Å²) in [6.45, 7) is 0.798. The van der Waals surface area contributed by atoms with Crippen LogP contribution in [-0.2, 0) is 13.2 Å². The Labute approximate surface area is 178 Å². The van der Waals surface area contributed by atoms with E-state index < -0.39 is 0 Å². The third-order valence-corrected chi connectivity index (χ3v) is 5.22. The lowest BCUT2D eigenvalue weighted by Crippen LogP contribution is -2.05. The first-order chi connectivity index (χ1) is 14.1. The molecule has 4 aromatic carbocycles. The van der Waals surface area contributed by atoms with Crippen molar-refractivity contribution in [2.24, 2.45) is 0 Å². The second kappa shape index (κ2) is 8.73. The summed E-state index contributed by atoms with van der Waals surface area (Å²) in [5.74, 6) is 0.467. The van der Waals surface area contributed by atoms with Crippen LogP contribution in [0.1, 0.15) is 11.1 Å². The van der Waals surface area contributed by atoms with Crippen molar-refractivity contribution in [1.29, 1.82) is 0 Å². The predicted octanol–water partition coefficient (Wildman–Crippen LogP) is 7.48. The van der Waals surface area contributed by atoms with Crippen LogP contribution in [-0.4, -0.2) is 0 Å².